The van der Waals surface area contributed by atoms with E-state index in [1.807, 2.05) is 12.3 Å². The molecule has 138 valence electrons. The lowest BCUT2D eigenvalue weighted by Crippen LogP contribution is -2.31. The molecule has 1 N–H and O–H groups in total. The number of ether oxygens (including phenoxy) is 1. The number of nitrogens with zero attached hydrogens (tertiary/aromatic N) is 1. The van der Waals surface area contributed by atoms with Crippen LogP contribution in [0.3, 0.4) is 0 Å². The summed E-state index contributed by atoms with van der Waals surface area (Å²) in [5.41, 5.74) is 2.16. The molecule has 1 aliphatic rings. The van der Waals surface area contributed by atoms with Gasteiger partial charge in [0.2, 0.25) is 5.91 Å². The summed E-state index contributed by atoms with van der Waals surface area (Å²) in [5.74, 6) is -0.240. The summed E-state index contributed by atoms with van der Waals surface area (Å²) in [5, 5.41) is 4.65. The van der Waals surface area contributed by atoms with Crippen molar-refractivity contribution in [2.75, 3.05) is 13.2 Å². The zero-order valence-electron chi connectivity index (χ0n) is 14.9. The Morgan fingerprint density at radius 3 is 3.00 bits per heavy atom. The fourth-order valence-corrected chi connectivity index (χ4v) is 4.62. The van der Waals surface area contributed by atoms with Crippen molar-refractivity contribution in [3.05, 3.63) is 22.7 Å². The minimum Gasteiger partial charge on any atom is -0.466 e. The van der Waals surface area contributed by atoms with Crippen LogP contribution in [-0.2, 0) is 20.7 Å². The van der Waals surface area contributed by atoms with Crippen molar-refractivity contribution >= 4 is 35.0 Å². The summed E-state index contributed by atoms with van der Waals surface area (Å²) in [6.07, 6.45) is 8.34. The van der Waals surface area contributed by atoms with Crippen LogP contribution in [0, 0.1) is 0 Å². The van der Waals surface area contributed by atoms with E-state index >= 15 is 0 Å². The molecule has 7 heteroatoms. The Morgan fingerprint density at radius 1 is 1.44 bits per heavy atom. The Labute approximate surface area is 157 Å². The van der Waals surface area contributed by atoms with Gasteiger partial charge in [-0.25, -0.2) is 4.98 Å². The van der Waals surface area contributed by atoms with Crippen LogP contribution in [0.5, 0.6) is 0 Å². The van der Waals surface area contributed by atoms with E-state index in [2.05, 4.69) is 16.4 Å². The molecule has 0 fully saturated rings. The summed E-state index contributed by atoms with van der Waals surface area (Å²) in [6.45, 7) is 4.73. The van der Waals surface area contributed by atoms with E-state index in [0.717, 1.165) is 10.8 Å². The van der Waals surface area contributed by atoms with Gasteiger partial charge in [0.1, 0.15) is 0 Å². The molecule has 2 rings (SSSR count). The standard InChI is InChI=1S/C18H26N2O3S2/c1-3-23-16(21)11-15-12-24-18(20-15)25-13(2)17(22)19-10-9-14-7-5-4-6-8-14/h7,12-13H,3-6,8-11H2,1-2H3,(H,19,22)/t13-/m1/s1. The molecule has 1 aromatic heterocycles. The van der Waals surface area contributed by atoms with E-state index in [9.17, 15) is 9.59 Å². The smallest absolute Gasteiger partial charge is 0.311 e. The Morgan fingerprint density at radius 2 is 2.28 bits per heavy atom. The highest BCUT2D eigenvalue weighted by molar-refractivity contribution is 8.02. The molecule has 1 amide bonds. The number of rotatable bonds is 9. The van der Waals surface area contributed by atoms with Crippen LogP contribution >= 0.6 is 23.1 Å². The molecule has 1 heterocycles. The minimum atomic E-state index is -0.271. The van der Waals surface area contributed by atoms with Gasteiger partial charge in [0.05, 0.1) is 24.0 Å². The molecular weight excluding hydrogens is 356 g/mol. The monoisotopic (exact) mass is 382 g/mol. The highest BCUT2D eigenvalue weighted by atomic mass is 32.2. The first kappa shape index (κ1) is 20.0. The van der Waals surface area contributed by atoms with Gasteiger partial charge in [0.15, 0.2) is 4.34 Å². The van der Waals surface area contributed by atoms with Crippen molar-refractivity contribution in [2.45, 2.75) is 62.0 Å². The molecule has 1 aliphatic carbocycles. The van der Waals surface area contributed by atoms with E-state index in [0.29, 0.717) is 18.8 Å². The molecule has 0 aromatic carbocycles. The molecule has 0 aliphatic heterocycles. The average molecular weight is 383 g/mol. The maximum absolute atomic E-state index is 12.2. The van der Waals surface area contributed by atoms with E-state index < -0.39 is 0 Å². The van der Waals surface area contributed by atoms with Crippen molar-refractivity contribution in [3.63, 3.8) is 0 Å². The topological polar surface area (TPSA) is 68.3 Å². The van der Waals surface area contributed by atoms with Gasteiger partial charge in [0.25, 0.3) is 0 Å². The van der Waals surface area contributed by atoms with Crippen LogP contribution in [-0.4, -0.2) is 35.3 Å². The molecular formula is C18H26N2O3S2. The van der Waals surface area contributed by atoms with Crippen LogP contribution in [0.4, 0.5) is 0 Å². The number of carbonyl (C=O) groups excluding carboxylic acids is 2. The molecule has 0 saturated heterocycles. The summed E-state index contributed by atoms with van der Waals surface area (Å²) in [6, 6.07) is 0. The maximum atomic E-state index is 12.2. The summed E-state index contributed by atoms with van der Waals surface area (Å²) in [4.78, 5) is 28.1. The molecule has 0 radical (unpaired) electrons. The zero-order valence-corrected chi connectivity index (χ0v) is 16.5. The van der Waals surface area contributed by atoms with Crippen LogP contribution in [0.2, 0.25) is 0 Å². The minimum absolute atomic E-state index is 0.0311. The predicted octanol–water partition coefficient (Wildman–Crippen LogP) is 3.74. The molecule has 1 aromatic rings. The number of hydrogen-bond acceptors (Lipinski definition) is 6. The SMILES string of the molecule is CCOC(=O)Cc1csc(S[C@H](C)C(=O)NCCC2=CCCCC2)n1. The lowest BCUT2D eigenvalue weighted by atomic mass is 9.97. The molecule has 1 atom stereocenters. The molecule has 25 heavy (non-hydrogen) atoms. The second kappa shape index (κ2) is 10.6. The Kier molecular flexibility index (Phi) is 8.48. The van der Waals surface area contributed by atoms with Gasteiger partial charge in [-0.3, -0.25) is 9.59 Å². The second-order valence-electron chi connectivity index (χ2n) is 6.00. The van der Waals surface area contributed by atoms with Crippen molar-refractivity contribution in [2.24, 2.45) is 0 Å². The number of esters is 1. The predicted molar refractivity (Wildman–Crippen MR) is 102 cm³/mol. The lowest BCUT2D eigenvalue weighted by molar-refractivity contribution is -0.142. The van der Waals surface area contributed by atoms with Crippen LogP contribution in [0.15, 0.2) is 21.4 Å². The maximum Gasteiger partial charge on any atom is 0.311 e. The Bertz CT molecular complexity index is 613. The Balaban J connectivity index is 1.72. The van der Waals surface area contributed by atoms with Gasteiger partial charge < -0.3 is 10.1 Å². The number of hydrogen-bond donors (Lipinski definition) is 1. The van der Waals surface area contributed by atoms with E-state index in [1.54, 1.807) is 6.92 Å². The summed E-state index contributed by atoms with van der Waals surface area (Å²) >= 11 is 2.88. The van der Waals surface area contributed by atoms with E-state index in [1.165, 1.54) is 54.4 Å². The van der Waals surface area contributed by atoms with Crippen molar-refractivity contribution in [1.82, 2.24) is 10.3 Å². The van der Waals surface area contributed by atoms with Gasteiger partial charge in [-0.1, -0.05) is 23.4 Å². The third-order valence-electron chi connectivity index (χ3n) is 3.94. The first-order chi connectivity index (χ1) is 12.1. The number of allylic oxidation sites excluding steroid dienone is 1. The molecule has 0 unspecified atom stereocenters. The highest BCUT2D eigenvalue weighted by Crippen LogP contribution is 2.27. The highest BCUT2D eigenvalue weighted by Gasteiger charge is 2.17. The molecule has 0 bridgehead atoms. The second-order valence-corrected chi connectivity index (χ2v) is 8.44. The van der Waals surface area contributed by atoms with Crippen molar-refractivity contribution < 1.29 is 14.3 Å². The van der Waals surface area contributed by atoms with Gasteiger partial charge >= 0.3 is 5.97 Å². The lowest BCUT2D eigenvalue weighted by Gasteiger charge is -2.14. The van der Waals surface area contributed by atoms with Crippen LogP contribution in [0.25, 0.3) is 0 Å². The quantitative estimate of drug-likeness (QED) is 0.400. The number of aromatic nitrogens is 1. The first-order valence-electron chi connectivity index (χ1n) is 8.80. The largest absolute Gasteiger partial charge is 0.466 e. The van der Waals surface area contributed by atoms with Gasteiger partial charge in [-0.05, 0) is 46.0 Å². The van der Waals surface area contributed by atoms with Crippen molar-refractivity contribution in [1.29, 1.82) is 0 Å². The average Bonchev–Trinajstić information content (AvgIpc) is 3.02. The number of carbonyl (C=O) groups is 2. The number of thiazole rings is 1. The van der Waals surface area contributed by atoms with Gasteiger partial charge in [-0.15, -0.1) is 11.3 Å². The van der Waals surface area contributed by atoms with Gasteiger partial charge in [-0.2, -0.15) is 0 Å². The van der Waals surface area contributed by atoms with E-state index in [-0.39, 0.29) is 23.5 Å². The van der Waals surface area contributed by atoms with Gasteiger partial charge in [0, 0.05) is 11.9 Å². The number of nitrogens with one attached hydrogen (secondary N) is 1. The summed E-state index contributed by atoms with van der Waals surface area (Å²) < 4.78 is 5.72. The van der Waals surface area contributed by atoms with Crippen LogP contribution < -0.4 is 5.32 Å². The van der Waals surface area contributed by atoms with E-state index in [4.69, 9.17) is 4.74 Å². The molecule has 0 spiro atoms. The fraction of sp³-hybridized carbons (Fsp3) is 0.611. The van der Waals surface area contributed by atoms with Crippen molar-refractivity contribution in [3.8, 4) is 0 Å². The fourth-order valence-electron chi connectivity index (χ4n) is 2.61. The van der Waals surface area contributed by atoms with Crippen LogP contribution in [0.1, 0.15) is 51.6 Å². The zero-order chi connectivity index (χ0) is 18.1. The molecule has 5 nitrogen and oxygen atoms in total. The third kappa shape index (κ3) is 7.20. The first-order valence-corrected chi connectivity index (χ1v) is 10.6. The Hall–Kier alpha value is -1.34. The summed E-state index contributed by atoms with van der Waals surface area (Å²) in [7, 11) is 0. The normalized spacial score (nSPS) is 15.4. The molecule has 0 saturated carbocycles. The number of thioether (sulfide) groups is 1. The number of amides is 1. The third-order valence-corrected chi connectivity index (χ3v) is 6.06.